The molecule has 0 saturated heterocycles. The summed E-state index contributed by atoms with van der Waals surface area (Å²) < 4.78 is 6.43. The highest BCUT2D eigenvalue weighted by molar-refractivity contribution is 5.84. The fraction of sp³-hybridized carbons (Fsp3) is 0.214. The van der Waals surface area contributed by atoms with E-state index in [0.717, 1.165) is 16.7 Å². The van der Waals surface area contributed by atoms with E-state index in [4.69, 9.17) is 4.74 Å². The lowest BCUT2D eigenvalue weighted by atomic mass is 10.3. The molecule has 0 aliphatic heterocycles. The van der Waals surface area contributed by atoms with Crippen molar-refractivity contribution < 1.29 is 9.53 Å². The number of H-pyrrole nitrogens is 1. The number of para-hydroxylation sites is 2. The summed E-state index contributed by atoms with van der Waals surface area (Å²) in [5.41, 5.74) is 2.51. The van der Waals surface area contributed by atoms with Crippen LogP contribution in [0.15, 0.2) is 30.3 Å². The van der Waals surface area contributed by atoms with Gasteiger partial charge < -0.3 is 9.72 Å². The first kappa shape index (κ1) is 13.2. The Labute approximate surface area is 120 Å². The molecule has 3 rings (SSSR count). The minimum absolute atomic E-state index is 0.309. The fourth-order valence-electron chi connectivity index (χ4n) is 2.06. The number of hydrogen-bond acceptors (Lipinski definition) is 4. The van der Waals surface area contributed by atoms with Crippen LogP contribution in [0.1, 0.15) is 12.6 Å². The lowest BCUT2D eigenvalue weighted by Gasteiger charge is -2.06. The van der Waals surface area contributed by atoms with Gasteiger partial charge in [0, 0.05) is 6.07 Å². The Morgan fingerprint density at radius 1 is 1.43 bits per heavy atom. The molecular formula is C14H15N5O2. The van der Waals surface area contributed by atoms with Crippen LogP contribution in [0, 0.1) is 6.92 Å². The SMILES string of the molecule is CCOC(=O)Nc1cc(C)nn1-c1nc2ccccc2[nH]1. The van der Waals surface area contributed by atoms with Crippen molar-refractivity contribution in [1.82, 2.24) is 19.7 Å². The summed E-state index contributed by atoms with van der Waals surface area (Å²) in [6.07, 6.45) is -0.519. The van der Waals surface area contributed by atoms with Gasteiger partial charge in [0.1, 0.15) is 5.82 Å². The number of nitrogens with zero attached hydrogens (tertiary/aromatic N) is 3. The first-order valence-electron chi connectivity index (χ1n) is 6.63. The van der Waals surface area contributed by atoms with E-state index in [-0.39, 0.29) is 0 Å². The van der Waals surface area contributed by atoms with Gasteiger partial charge in [-0.25, -0.2) is 9.78 Å². The minimum Gasteiger partial charge on any atom is -0.450 e. The standard InChI is InChI=1S/C14H15N5O2/c1-3-21-14(20)17-12-8-9(2)18-19(12)13-15-10-6-4-5-7-11(10)16-13/h4-8H,3H2,1-2H3,(H,15,16)(H,17,20). The predicted molar refractivity (Wildman–Crippen MR) is 78.6 cm³/mol. The van der Waals surface area contributed by atoms with E-state index in [2.05, 4.69) is 20.4 Å². The van der Waals surface area contributed by atoms with Crippen LogP contribution in [0.3, 0.4) is 0 Å². The van der Waals surface area contributed by atoms with Gasteiger partial charge in [0.2, 0.25) is 5.95 Å². The second-order valence-electron chi connectivity index (χ2n) is 4.51. The van der Waals surface area contributed by atoms with Crippen LogP contribution < -0.4 is 5.32 Å². The highest BCUT2D eigenvalue weighted by Gasteiger charge is 2.14. The number of carbonyl (C=O) groups is 1. The van der Waals surface area contributed by atoms with E-state index in [1.165, 1.54) is 0 Å². The average molecular weight is 285 g/mol. The second-order valence-corrected chi connectivity index (χ2v) is 4.51. The number of imidazole rings is 1. The molecule has 0 fully saturated rings. The van der Waals surface area contributed by atoms with Gasteiger partial charge in [-0.2, -0.15) is 9.78 Å². The van der Waals surface area contributed by atoms with Gasteiger partial charge in [0.05, 0.1) is 23.3 Å². The molecule has 21 heavy (non-hydrogen) atoms. The van der Waals surface area contributed by atoms with Gasteiger partial charge >= 0.3 is 6.09 Å². The van der Waals surface area contributed by atoms with Gasteiger partial charge in [0.15, 0.2) is 0 Å². The van der Waals surface area contributed by atoms with Gasteiger partial charge in [-0.3, -0.25) is 5.32 Å². The first-order valence-corrected chi connectivity index (χ1v) is 6.63. The van der Waals surface area contributed by atoms with E-state index in [1.807, 2.05) is 31.2 Å². The third-order valence-corrected chi connectivity index (χ3v) is 2.91. The van der Waals surface area contributed by atoms with Crippen LogP contribution in [0.25, 0.3) is 17.0 Å². The van der Waals surface area contributed by atoms with Crippen LogP contribution in [-0.4, -0.2) is 32.4 Å². The second kappa shape index (κ2) is 5.28. The molecule has 0 saturated carbocycles. The number of fused-ring (bicyclic) bond motifs is 1. The number of aromatic amines is 1. The molecule has 7 nitrogen and oxygen atoms in total. The lowest BCUT2D eigenvalue weighted by Crippen LogP contribution is -2.16. The van der Waals surface area contributed by atoms with Crippen molar-refractivity contribution in [2.75, 3.05) is 11.9 Å². The Kier molecular flexibility index (Phi) is 3.31. The summed E-state index contributed by atoms with van der Waals surface area (Å²) in [4.78, 5) is 19.2. The maximum absolute atomic E-state index is 11.6. The number of aryl methyl sites for hydroxylation is 1. The Morgan fingerprint density at radius 2 is 2.24 bits per heavy atom. The van der Waals surface area contributed by atoms with E-state index >= 15 is 0 Å². The Bertz CT molecular complexity index is 757. The zero-order valence-corrected chi connectivity index (χ0v) is 11.8. The minimum atomic E-state index is -0.519. The van der Waals surface area contributed by atoms with Gasteiger partial charge in [-0.15, -0.1) is 0 Å². The van der Waals surface area contributed by atoms with Crippen molar-refractivity contribution in [2.24, 2.45) is 0 Å². The maximum atomic E-state index is 11.6. The van der Waals surface area contributed by atoms with E-state index in [9.17, 15) is 4.79 Å². The normalized spacial score (nSPS) is 10.8. The molecule has 0 aliphatic rings. The number of benzene rings is 1. The third-order valence-electron chi connectivity index (χ3n) is 2.91. The van der Waals surface area contributed by atoms with Gasteiger partial charge in [-0.1, -0.05) is 12.1 Å². The highest BCUT2D eigenvalue weighted by atomic mass is 16.5. The number of ether oxygens (including phenoxy) is 1. The number of hydrogen-bond donors (Lipinski definition) is 2. The molecule has 2 N–H and O–H groups in total. The van der Waals surface area contributed by atoms with Crippen LogP contribution in [-0.2, 0) is 4.74 Å². The molecule has 108 valence electrons. The molecule has 1 aromatic carbocycles. The Hall–Kier alpha value is -2.83. The van der Waals surface area contributed by atoms with E-state index in [0.29, 0.717) is 18.4 Å². The topological polar surface area (TPSA) is 84.8 Å². The van der Waals surface area contributed by atoms with Crippen molar-refractivity contribution in [3.05, 3.63) is 36.0 Å². The molecule has 0 radical (unpaired) electrons. The van der Waals surface area contributed by atoms with Crippen molar-refractivity contribution in [3.8, 4) is 5.95 Å². The molecule has 3 aromatic rings. The van der Waals surface area contributed by atoms with E-state index in [1.54, 1.807) is 17.7 Å². The zero-order valence-electron chi connectivity index (χ0n) is 11.8. The molecule has 7 heteroatoms. The van der Waals surface area contributed by atoms with Crippen molar-refractivity contribution >= 4 is 22.9 Å². The predicted octanol–water partition coefficient (Wildman–Crippen LogP) is 2.63. The zero-order chi connectivity index (χ0) is 14.8. The van der Waals surface area contributed by atoms with Crippen LogP contribution in [0.4, 0.5) is 10.6 Å². The molecule has 0 atom stereocenters. The number of carbonyl (C=O) groups excluding carboxylic acids is 1. The van der Waals surface area contributed by atoms with Gasteiger partial charge in [-0.05, 0) is 26.0 Å². The summed E-state index contributed by atoms with van der Waals surface area (Å²) in [5, 5.41) is 7.00. The van der Waals surface area contributed by atoms with Gasteiger partial charge in [0.25, 0.3) is 0 Å². The molecule has 0 bridgehead atoms. The van der Waals surface area contributed by atoms with Crippen LogP contribution >= 0.6 is 0 Å². The molecule has 0 aliphatic carbocycles. The molecule has 0 spiro atoms. The Morgan fingerprint density at radius 3 is 3.00 bits per heavy atom. The summed E-state index contributed by atoms with van der Waals surface area (Å²) in [6, 6.07) is 9.43. The molecule has 2 aromatic heterocycles. The van der Waals surface area contributed by atoms with Crippen molar-refractivity contribution in [2.45, 2.75) is 13.8 Å². The fourth-order valence-corrected chi connectivity index (χ4v) is 2.06. The summed E-state index contributed by atoms with van der Waals surface area (Å²) in [7, 11) is 0. The summed E-state index contributed by atoms with van der Waals surface area (Å²) >= 11 is 0. The number of nitrogens with one attached hydrogen (secondary N) is 2. The van der Waals surface area contributed by atoms with Crippen molar-refractivity contribution in [1.29, 1.82) is 0 Å². The van der Waals surface area contributed by atoms with Crippen LogP contribution in [0.2, 0.25) is 0 Å². The highest BCUT2D eigenvalue weighted by Crippen LogP contribution is 2.18. The quantitative estimate of drug-likeness (QED) is 0.774. The molecular weight excluding hydrogens is 270 g/mol. The first-order chi connectivity index (χ1) is 10.2. The van der Waals surface area contributed by atoms with Crippen LogP contribution in [0.5, 0.6) is 0 Å². The molecule has 1 amide bonds. The monoisotopic (exact) mass is 285 g/mol. The average Bonchev–Trinajstić information content (AvgIpc) is 3.02. The van der Waals surface area contributed by atoms with Crippen molar-refractivity contribution in [3.63, 3.8) is 0 Å². The lowest BCUT2D eigenvalue weighted by molar-refractivity contribution is 0.167. The largest absolute Gasteiger partial charge is 0.450 e. The number of rotatable bonds is 3. The summed E-state index contributed by atoms with van der Waals surface area (Å²) in [6.45, 7) is 3.90. The maximum Gasteiger partial charge on any atom is 0.412 e. The summed E-state index contributed by atoms with van der Waals surface area (Å²) in [5.74, 6) is 1.04. The number of anilines is 1. The third kappa shape index (κ3) is 2.58. The number of amides is 1. The smallest absolute Gasteiger partial charge is 0.412 e. The van der Waals surface area contributed by atoms with E-state index < -0.39 is 6.09 Å². The Balaban J connectivity index is 1.99. The molecule has 2 heterocycles. The number of aromatic nitrogens is 4. The molecule has 0 unspecified atom stereocenters.